The van der Waals surface area contributed by atoms with E-state index in [0.29, 0.717) is 26.8 Å². The quantitative estimate of drug-likeness (QED) is 0.697. The Morgan fingerprint density at radius 1 is 1.10 bits per heavy atom. The maximum absolute atomic E-state index is 10.1. The lowest BCUT2D eigenvalue weighted by atomic mass is 10.1. The number of fused-ring (bicyclic) bond motifs is 1. The summed E-state index contributed by atoms with van der Waals surface area (Å²) in [5.74, 6) is 0.298. The number of rotatable bonds is 2. The zero-order valence-electron chi connectivity index (χ0n) is 11.0. The molecule has 20 heavy (non-hydrogen) atoms. The van der Waals surface area contributed by atoms with Crippen LogP contribution in [-0.4, -0.2) is 15.2 Å². The summed E-state index contributed by atoms with van der Waals surface area (Å²) < 4.78 is 5.60. The van der Waals surface area contributed by atoms with Crippen LogP contribution in [0.3, 0.4) is 0 Å². The Bertz CT molecular complexity index is 762. The van der Waals surface area contributed by atoms with Crippen molar-refractivity contribution in [2.75, 3.05) is 0 Å². The van der Waals surface area contributed by atoms with E-state index in [4.69, 9.17) is 4.42 Å². The van der Waals surface area contributed by atoms with E-state index in [-0.39, 0.29) is 11.5 Å². The number of nitrogens with zero attached hydrogens (tertiary/aromatic N) is 1. The van der Waals surface area contributed by atoms with Crippen molar-refractivity contribution in [3.63, 3.8) is 0 Å². The third kappa shape index (κ3) is 2.10. The number of phenols is 2. The first-order valence-electron chi connectivity index (χ1n) is 6.12. The second-order valence-corrected chi connectivity index (χ2v) is 5.54. The second kappa shape index (κ2) is 4.76. The van der Waals surface area contributed by atoms with Gasteiger partial charge in [-0.3, -0.25) is 0 Å². The maximum atomic E-state index is 10.1. The van der Waals surface area contributed by atoms with Crippen LogP contribution in [0.2, 0.25) is 0 Å². The fraction of sp³-hybridized carbons (Fsp3) is 0.133. The van der Waals surface area contributed by atoms with Gasteiger partial charge < -0.3 is 14.6 Å². The van der Waals surface area contributed by atoms with Crippen LogP contribution in [0.5, 0.6) is 11.5 Å². The van der Waals surface area contributed by atoms with Crippen LogP contribution in [0.15, 0.2) is 44.9 Å². The predicted molar refractivity (Wildman–Crippen MR) is 77.4 cm³/mol. The van der Waals surface area contributed by atoms with E-state index in [2.05, 4.69) is 4.98 Å². The van der Waals surface area contributed by atoms with Gasteiger partial charge >= 0.3 is 0 Å². The molecule has 1 heterocycles. The summed E-state index contributed by atoms with van der Waals surface area (Å²) in [6.07, 6.45) is 0. The summed E-state index contributed by atoms with van der Waals surface area (Å²) in [5.41, 5.74) is 2.79. The molecule has 0 bridgehead atoms. The van der Waals surface area contributed by atoms with Crippen LogP contribution in [-0.2, 0) is 0 Å². The molecular formula is C15H13NO3S. The van der Waals surface area contributed by atoms with Gasteiger partial charge in [-0.25, -0.2) is 4.98 Å². The molecule has 102 valence electrons. The van der Waals surface area contributed by atoms with E-state index in [1.807, 2.05) is 24.3 Å². The van der Waals surface area contributed by atoms with Crippen LogP contribution in [0.25, 0.3) is 11.1 Å². The first-order chi connectivity index (χ1) is 9.56. The number of para-hydroxylation sites is 2. The van der Waals surface area contributed by atoms with E-state index in [0.717, 1.165) is 5.52 Å². The smallest absolute Gasteiger partial charge is 0.261 e. The van der Waals surface area contributed by atoms with Crippen molar-refractivity contribution in [3.8, 4) is 11.5 Å². The molecule has 2 N–H and O–H groups in total. The predicted octanol–water partition coefficient (Wildman–Crippen LogP) is 4.01. The van der Waals surface area contributed by atoms with E-state index in [1.165, 1.54) is 17.8 Å². The van der Waals surface area contributed by atoms with Crippen LogP contribution >= 0.6 is 11.8 Å². The Kier molecular flexibility index (Phi) is 3.06. The third-order valence-electron chi connectivity index (χ3n) is 3.27. The average molecular weight is 287 g/mol. The van der Waals surface area contributed by atoms with Crippen LogP contribution in [0.1, 0.15) is 11.1 Å². The molecular weight excluding hydrogens is 274 g/mol. The minimum Gasteiger partial charge on any atom is -0.508 e. The molecule has 0 aliphatic heterocycles. The molecule has 0 aliphatic rings. The first-order valence-corrected chi connectivity index (χ1v) is 6.93. The van der Waals surface area contributed by atoms with Crippen LogP contribution in [0.4, 0.5) is 0 Å². The number of oxazole rings is 1. The highest BCUT2D eigenvalue weighted by atomic mass is 32.2. The first kappa shape index (κ1) is 12.9. The third-order valence-corrected chi connectivity index (χ3v) is 4.16. The summed E-state index contributed by atoms with van der Waals surface area (Å²) in [5, 5.41) is 20.4. The SMILES string of the molecule is Cc1c(O)cc(Sc2nc3ccccc3o2)c(O)c1C. The number of phenolic OH excluding ortho intramolecular Hbond substituents is 2. The minimum absolute atomic E-state index is 0.146. The Labute approximate surface area is 120 Å². The highest BCUT2D eigenvalue weighted by Gasteiger charge is 2.15. The Balaban J connectivity index is 2.02. The lowest BCUT2D eigenvalue weighted by Gasteiger charge is -2.09. The number of hydrogen-bond acceptors (Lipinski definition) is 5. The molecule has 0 atom stereocenters. The summed E-state index contributed by atoms with van der Waals surface area (Å²) in [6, 6.07) is 8.99. The molecule has 1 aromatic heterocycles. The largest absolute Gasteiger partial charge is 0.508 e. The molecule has 5 heteroatoms. The standard InChI is InChI=1S/C15H13NO3S/c1-8-9(2)14(18)13(7-11(8)17)20-15-16-10-5-3-4-6-12(10)19-15/h3-7,17-18H,1-2H3. The van der Waals surface area contributed by atoms with Crippen LogP contribution < -0.4 is 0 Å². The molecule has 0 spiro atoms. The second-order valence-electron chi connectivity index (χ2n) is 4.54. The molecule has 3 rings (SSSR count). The summed E-state index contributed by atoms with van der Waals surface area (Å²) in [6.45, 7) is 3.53. The minimum atomic E-state index is 0.146. The normalized spacial score (nSPS) is 11.1. The molecule has 0 aliphatic carbocycles. The van der Waals surface area contributed by atoms with E-state index >= 15 is 0 Å². The van der Waals surface area contributed by atoms with Gasteiger partial charge in [0, 0.05) is 0 Å². The zero-order chi connectivity index (χ0) is 14.3. The molecule has 4 nitrogen and oxygen atoms in total. The molecule has 0 unspecified atom stereocenters. The molecule has 3 aromatic rings. The number of benzene rings is 2. The van der Waals surface area contributed by atoms with Crippen molar-refractivity contribution >= 4 is 22.9 Å². The fourth-order valence-corrected chi connectivity index (χ4v) is 2.81. The van der Waals surface area contributed by atoms with Gasteiger partial charge in [-0.15, -0.1) is 0 Å². The van der Waals surface area contributed by atoms with Gasteiger partial charge in [0.05, 0.1) is 4.90 Å². The van der Waals surface area contributed by atoms with Crippen molar-refractivity contribution in [3.05, 3.63) is 41.5 Å². The topological polar surface area (TPSA) is 66.5 Å². The number of hydrogen-bond donors (Lipinski definition) is 2. The highest BCUT2D eigenvalue weighted by Crippen LogP contribution is 2.41. The van der Waals surface area contributed by atoms with Gasteiger partial charge in [0.25, 0.3) is 5.22 Å². The van der Waals surface area contributed by atoms with Gasteiger partial charge in [0.1, 0.15) is 17.0 Å². The summed E-state index contributed by atoms with van der Waals surface area (Å²) >= 11 is 1.19. The molecule has 0 saturated carbocycles. The van der Waals surface area contributed by atoms with Crippen molar-refractivity contribution in [2.24, 2.45) is 0 Å². The monoisotopic (exact) mass is 287 g/mol. The Hall–Kier alpha value is -2.14. The van der Waals surface area contributed by atoms with E-state index in [9.17, 15) is 10.2 Å². The van der Waals surface area contributed by atoms with Crippen LogP contribution in [0, 0.1) is 13.8 Å². The molecule has 0 saturated heterocycles. The Morgan fingerprint density at radius 3 is 2.60 bits per heavy atom. The van der Waals surface area contributed by atoms with Gasteiger partial charge in [-0.1, -0.05) is 12.1 Å². The number of aromatic hydroxyl groups is 2. The highest BCUT2D eigenvalue weighted by molar-refractivity contribution is 7.99. The Morgan fingerprint density at radius 2 is 1.85 bits per heavy atom. The van der Waals surface area contributed by atoms with Gasteiger partial charge in [-0.05, 0) is 54.9 Å². The molecule has 0 amide bonds. The van der Waals surface area contributed by atoms with Crippen molar-refractivity contribution in [1.82, 2.24) is 4.98 Å². The fourth-order valence-electron chi connectivity index (χ4n) is 1.92. The zero-order valence-corrected chi connectivity index (χ0v) is 11.9. The van der Waals surface area contributed by atoms with Crippen molar-refractivity contribution in [2.45, 2.75) is 24.0 Å². The van der Waals surface area contributed by atoms with Crippen molar-refractivity contribution < 1.29 is 14.6 Å². The van der Waals surface area contributed by atoms with Gasteiger partial charge in [0.15, 0.2) is 5.58 Å². The van der Waals surface area contributed by atoms with E-state index < -0.39 is 0 Å². The molecule has 0 fully saturated rings. The van der Waals surface area contributed by atoms with Gasteiger partial charge in [0.2, 0.25) is 0 Å². The number of aromatic nitrogens is 1. The summed E-state index contributed by atoms with van der Waals surface area (Å²) in [7, 11) is 0. The van der Waals surface area contributed by atoms with Crippen molar-refractivity contribution in [1.29, 1.82) is 0 Å². The summed E-state index contributed by atoms with van der Waals surface area (Å²) in [4.78, 5) is 4.86. The lowest BCUT2D eigenvalue weighted by molar-refractivity contribution is 0.440. The average Bonchev–Trinajstić information content (AvgIpc) is 2.84. The van der Waals surface area contributed by atoms with Gasteiger partial charge in [-0.2, -0.15) is 0 Å². The molecule has 0 radical (unpaired) electrons. The molecule has 2 aromatic carbocycles. The lowest BCUT2D eigenvalue weighted by Crippen LogP contribution is -1.86. The van der Waals surface area contributed by atoms with E-state index in [1.54, 1.807) is 13.8 Å². The maximum Gasteiger partial charge on any atom is 0.261 e.